The maximum atomic E-state index is 12.7. The molecular formula is C24H21NO4S. The molecule has 152 valence electrons. The molecule has 4 rings (SSSR count). The molecule has 0 aliphatic carbocycles. The van der Waals surface area contributed by atoms with E-state index in [1.165, 1.54) is 0 Å². The first-order chi connectivity index (χ1) is 14.5. The molecule has 0 radical (unpaired) electrons. The van der Waals surface area contributed by atoms with Crippen LogP contribution in [-0.2, 0) is 22.1 Å². The zero-order chi connectivity index (χ0) is 21.1. The summed E-state index contributed by atoms with van der Waals surface area (Å²) in [6.07, 6.45) is 1.94. The molecule has 0 atom stereocenters. The maximum absolute atomic E-state index is 12.7. The number of carbonyl (C=O) groups is 1. The van der Waals surface area contributed by atoms with Crippen molar-refractivity contribution < 1.29 is 18.3 Å². The Kier molecular flexibility index (Phi) is 5.53. The van der Waals surface area contributed by atoms with Gasteiger partial charge in [0, 0.05) is 23.8 Å². The van der Waals surface area contributed by atoms with Gasteiger partial charge in [0.1, 0.15) is 6.61 Å². The second-order valence-electron chi connectivity index (χ2n) is 7.19. The Hall–Kier alpha value is -3.22. The second-order valence-corrected chi connectivity index (χ2v) is 9.18. The molecule has 0 amide bonds. The van der Waals surface area contributed by atoms with Crippen molar-refractivity contribution in [2.45, 2.75) is 17.2 Å². The number of nitrogens with zero attached hydrogens (tertiary/aromatic N) is 1. The van der Waals surface area contributed by atoms with Gasteiger partial charge in [-0.3, -0.25) is 4.79 Å². The number of hydrogen-bond acceptors (Lipinski definition) is 4. The van der Waals surface area contributed by atoms with Crippen LogP contribution in [0.3, 0.4) is 0 Å². The molecule has 0 aliphatic rings. The van der Waals surface area contributed by atoms with Crippen LogP contribution < -0.4 is 0 Å². The Morgan fingerprint density at radius 2 is 1.63 bits per heavy atom. The number of hydrogen-bond donors (Lipinski definition) is 1. The largest absolute Gasteiger partial charge is 0.388 e. The molecular weight excluding hydrogens is 398 g/mol. The van der Waals surface area contributed by atoms with E-state index in [2.05, 4.69) is 0 Å². The topological polar surface area (TPSA) is 76.4 Å². The summed E-state index contributed by atoms with van der Waals surface area (Å²) < 4.78 is 27.4. The first-order valence-corrected chi connectivity index (χ1v) is 11.2. The fraction of sp³-hybridized carbons (Fsp3) is 0.125. The molecule has 0 aliphatic heterocycles. The van der Waals surface area contributed by atoms with Crippen LogP contribution in [0.4, 0.5) is 0 Å². The third kappa shape index (κ3) is 4.20. The number of aromatic nitrogens is 1. The van der Waals surface area contributed by atoms with Crippen molar-refractivity contribution in [1.29, 1.82) is 0 Å². The Bertz CT molecular complexity index is 1310. The number of ketones is 1. The first kappa shape index (κ1) is 20.1. The molecule has 0 saturated heterocycles. The normalized spacial score (nSPS) is 11.6. The lowest BCUT2D eigenvalue weighted by molar-refractivity contribution is 0.0904. The van der Waals surface area contributed by atoms with E-state index in [0.717, 1.165) is 22.0 Å². The van der Waals surface area contributed by atoms with Gasteiger partial charge >= 0.3 is 0 Å². The summed E-state index contributed by atoms with van der Waals surface area (Å²) in [6, 6.07) is 23.3. The number of aliphatic hydroxyl groups excluding tert-OH is 1. The van der Waals surface area contributed by atoms with Crippen molar-refractivity contribution in [2.24, 2.45) is 0 Å². The minimum atomic E-state index is -3.41. The summed E-state index contributed by atoms with van der Waals surface area (Å²) in [5.41, 5.74) is 3.04. The van der Waals surface area contributed by atoms with E-state index in [1.54, 1.807) is 42.5 Å². The van der Waals surface area contributed by atoms with Crippen LogP contribution in [0.15, 0.2) is 90.0 Å². The van der Waals surface area contributed by atoms with Crippen molar-refractivity contribution in [3.8, 4) is 0 Å². The molecule has 6 heteroatoms. The van der Waals surface area contributed by atoms with Crippen LogP contribution in [0.25, 0.3) is 10.9 Å². The highest BCUT2D eigenvalue weighted by Crippen LogP contribution is 2.21. The summed E-state index contributed by atoms with van der Waals surface area (Å²) in [7, 11) is -3.41. The molecule has 5 nitrogen and oxygen atoms in total. The molecule has 0 saturated carbocycles. The van der Waals surface area contributed by atoms with E-state index < -0.39 is 16.4 Å². The van der Waals surface area contributed by atoms with Crippen LogP contribution in [0.2, 0.25) is 0 Å². The van der Waals surface area contributed by atoms with Crippen molar-refractivity contribution in [3.05, 3.63) is 102 Å². The van der Waals surface area contributed by atoms with Gasteiger partial charge in [-0.25, -0.2) is 8.42 Å². The van der Waals surface area contributed by atoms with Crippen LogP contribution in [-0.4, -0.2) is 30.5 Å². The number of carbonyl (C=O) groups excluding carboxylic acids is 1. The smallest absolute Gasteiger partial charge is 0.188 e. The minimum Gasteiger partial charge on any atom is -0.388 e. The third-order valence-corrected chi connectivity index (χ3v) is 6.75. The second kappa shape index (κ2) is 8.26. The fourth-order valence-corrected chi connectivity index (χ4v) is 4.89. The number of Topliss-reactive ketones (excluding diaryl/α,β-unsaturated/α-hetero) is 1. The molecule has 1 heterocycles. The quantitative estimate of drug-likeness (QED) is 0.462. The van der Waals surface area contributed by atoms with Crippen LogP contribution in [0.1, 0.15) is 21.5 Å². The summed E-state index contributed by atoms with van der Waals surface area (Å²) in [5, 5.41) is 10.1. The predicted octanol–water partition coefficient (Wildman–Crippen LogP) is 3.84. The summed E-state index contributed by atoms with van der Waals surface area (Å²) >= 11 is 0. The molecule has 3 aromatic carbocycles. The number of rotatable bonds is 7. The highest BCUT2D eigenvalue weighted by Gasteiger charge is 2.15. The van der Waals surface area contributed by atoms with Crippen LogP contribution >= 0.6 is 0 Å². The SMILES string of the molecule is O=C(CO)c1ccc2ccn(Cc3cccc(CS(=O)(=O)c4ccccc4)c3)c2c1. The average molecular weight is 420 g/mol. The lowest BCUT2D eigenvalue weighted by atomic mass is 10.1. The Balaban J connectivity index is 1.60. The Labute approximate surface area is 175 Å². The first-order valence-electron chi connectivity index (χ1n) is 9.55. The molecule has 4 aromatic rings. The van der Waals surface area contributed by atoms with Gasteiger partial charge in [0.2, 0.25) is 0 Å². The Morgan fingerprint density at radius 1 is 0.867 bits per heavy atom. The fourth-order valence-electron chi connectivity index (χ4n) is 3.53. The van der Waals surface area contributed by atoms with Gasteiger partial charge < -0.3 is 9.67 Å². The Morgan fingerprint density at radius 3 is 2.40 bits per heavy atom. The van der Waals surface area contributed by atoms with Crippen molar-refractivity contribution in [3.63, 3.8) is 0 Å². The molecule has 0 fully saturated rings. The van der Waals surface area contributed by atoms with Crippen LogP contribution in [0, 0.1) is 0 Å². The van der Waals surface area contributed by atoms with Gasteiger partial charge in [-0.15, -0.1) is 0 Å². The van der Waals surface area contributed by atoms with E-state index in [4.69, 9.17) is 5.11 Å². The van der Waals surface area contributed by atoms with Gasteiger partial charge in [0.15, 0.2) is 15.6 Å². The van der Waals surface area contributed by atoms with Crippen molar-refractivity contribution in [1.82, 2.24) is 4.57 Å². The summed E-state index contributed by atoms with van der Waals surface area (Å²) in [6.45, 7) is 0.0175. The molecule has 0 unspecified atom stereocenters. The van der Waals surface area contributed by atoms with Crippen LogP contribution in [0.5, 0.6) is 0 Å². The van der Waals surface area contributed by atoms with Gasteiger partial charge in [0.25, 0.3) is 0 Å². The van der Waals surface area contributed by atoms with E-state index in [9.17, 15) is 13.2 Å². The molecule has 0 spiro atoms. The summed E-state index contributed by atoms with van der Waals surface area (Å²) in [4.78, 5) is 12.1. The van der Waals surface area contributed by atoms with Gasteiger partial charge in [0.05, 0.1) is 10.6 Å². The standard InChI is InChI=1S/C24H21NO4S/c26-16-24(27)21-10-9-20-11-12-25(23(20)14-21)15-18-5-4-6-19(13-18)17-30(28,29)22-7-2-1-3-8-22/h1-14,26H,15-17H2. The molecule has 30 heavy (non-hydrogen) atoms. The van der Waals surface area contributed by atoms with E-state index >= 15 is 0 Å². The van der Waals surface area contributed by atoms with Crippen molar-refractivity contribution in [2.75, 3.05) is 6.61 Å². The van der Waals surface area contributed by atoms with Gasteiger partial charge in [-0.05, 0) is 40.8 Å². The lowest BCUT2D eigenvalue weighted by Crippen LogP contribution is -2.06. The molecule has 1 N–H and O–H groups in total. The third-order valence-electron chi connectivity index (χ3n) is 5.04. The summed E-state index contributed by atoms with van der Waals surface area (Å²) in [5.74, 6) is -0.385. The van der Waals surface area contributed by atoms with Crippen molar-refractivity contribution >= 4 is 26.5 Å². The number of sulfone groups is 1. The number of benzene rings is 3. The number of aliphatic hydroxyl groups is 1. The number of fused-ring (bicyclic) bond motifs is 1. The highest BCUT2D eigenvalue weighted by atomic mass is 32.2. The predicted molar refractivity (Wildman–Crippen MR) is 116 cm³/mol. The average Bonchev–Trinajstić information content (AvgIpc) is 3.15. The molecule has 0 bridgehead atoms. The lowest BCUT2D eigenvalue weighted by Gasteiger charge is -2.10. The van der Waals surface area contributed by atoms with E-state index in [0.29, 0.717) is 17.0 Å². The minimum absolute atomic E-state index is 0.0631. The molecule has 1 aromatic heterocycles. The van der Waals surface area contributed by atoms with E-state index in [1.807, 2.05) is 47.2 Å². The maximum Gasteiger partial charge on any atom is 0.188 e. The monoisotopic (exact) mass is 419 g/mol. The van der Waals surface area contributed by atoms with Gasteiger partial charge in [-0.1, -0.05) is 54.6 Å². The zero-order valence-corrected chi connectivity index (χ0v) is 17.0. The zero-order valence-electron chi connectivity index (χ0n) is 16.2. The van der Waals surface area contributed by atoms with E-state index in [-0.39, 0.29) is 11.5 Å². The highest BCUT2D eigenvalue weighted by molar-refractivity contribution is 7.90. The van der Waals surface area contributed by atoms with Gasteiger partial charge in [-0.2, -0.15) is 0 Å².